The first-order chi connectivity index (χ1) is 12.5. The molecule has 0 radical (unpaired) electrons. The third-order valence-electron chi connectivity index (χ3n) is 4.40. The summed E-state index contributed by atoms with van der Waals surface area (Å²) in [6.45, 7) is 3.48. The molecule has 2 aromatic rings. The van der Waals surface area contributed by atoms with Crippen LogP contribution in [0.2, 0.25) is 0 Å². The van der Waals surface area contributed by atoms with E-state index in [2.05, 4.69) is 4.98 Å². The Kier molecular flexibility index (Phi) is 4.79. The maximum absolute atomic E-state index is 12.6. The minimum Gasteiger partial charge on any atom is -0.462 e. The van der Waals surface area contributed by atoms with Crippen LogP contribution in [0.3, 0.4) is 0 Å². The van der Waals surface area contributed by atoms with Gasteiger partial charge in [0.05, 0.1) is 34.0 Å². The van der Waals surface area contributed by atoms with Crippen LogP contribution in [0.5, 0.6) is 0 Å². The number of esters is 1. The Morgan fingerprint density at radius 2 is 2.00 bits per heavy atom. The molecule has 134 valence electrons. The highest BCUT2D eigenvalue weighted by atomic mass is 16.6. The van der Waals surface area contributed by atoms with E-state index in [0.717, 1.165) is 0 Å². The van der Waals surface area contributed by atoms with Gasteiger partial charge in [0.15, 0.2) is 5.78 Å². The average Bonchev–Trinajstić information content (AvgIpc) is 2.60. The molecule has 0 amide bonds. The molecule has 0 N–H and O–H groups in total. The number of nitrogens with zero attached hydrogens (tertiary/aromatic N) is 2. The molecule has 0 atom stereocenters. The topological polar surface area (TPSA) is 99.4 Å². The van der Waals surface area contributed by atoms with Crippen LogP contribution in [0.4, 0.5) is 5.69 Å². The lowest BCUT2D eigenvalue weighted by Crippen LogP contribution is -2.20. The summed E-state index contributed by atoms with van der Waals surface area (Å²) in [4.78, 5) is 40.7. The fraction of sp³-hybridized carbons (Fsp3) is 0.316. The van der Waals surface area contributed by atoms with E-state index < -0.39 is 10.9 Å². The smallest absolute Gasteiger partial charge is 0.340 e. The number of nitro benzene ring substituents is 1. The minimum absolute atomic E-state index is 0.121. The van der Waals surface area contributed by atoms with E-state index in [1.54, 1.807) is 32.0 Å². The lowest BCUT2D eigenvalue weighted by molar-refractivity contribution is -0.384. The van der Waals surface area contributed by atoms with Crippen molar-refractivity contribution >= 4 is 17.4 Å². The third-order valence-corrected chi connectivity index (χ3v) is 4.40. The third kappa shape index (κ3) is 2.96. The molecule has 0 unspecified atom stereocenters. The molecule has 0 bridgehead atoms. The summed E-state index contributed by atoms with van der Waals surface area (Å²) in [5.74, 6) is -0.788. The molecule has 3 rings (SSSR count). The number of fused-ring (bicyclic) bond motifs is 1. The number of rotatable bonds is 4. The first kappa shape index (κ1) is 17.7. The summed E-state index contributed by atoms with van der Waals surface area (Å²) in [7, 11) is 0. The lowest BCUT2D eigenvalue weighted by Gasteiger charge is -2.21. The van der Waals surface area contributed by atoms with E-state index in [4.69, 9.17) is 4.74 Å². The zero-order valence-electron chi connectivity index (χ0n) is 14.6. The number of aromatic nitrogens is 1. The Hall–Kier alpha value is -3.09. The van der Waals surface area contributed by atoms with Gasteiger partial charge >= 0.3 is 5.97 Å². The SMILES string of the molecule is CCOC(=O)c1c(C)nc2c(c1-c1ccccc1[N+](=O)[O-])C(=O)CCC2. The van der Waals surface area contributed by atoms with Crippen molar-refractivity contribution in [2.75, 3.05) is 6.61 Å². The Morgan fingerprint density at radius 1 is 1.27 bits per heavy atom. The monoisotopic (exact) mass is 354 g/mol. The standard InChI is InChI=1S/C19H18N2O5/c1-3-26-19(23)16-11(2)20-13-8-6-10-15(22)18(13)17(16)12-7-4-5-9-14(12)21(24)25/h4-5,7,9H,3,6,8,10H2,1-2H3. The highest BCUT2D eigenvalue weighted by Gasteiger charge is 2.32. The zero-order valence-corrected chi connectivity index (χ0v) is 14.6. The van der Waals surface area contributed by atoms with Crippen molar-refractivity contribution in [1.82, 2.24) is 4.98 Å². The average molecular weight is 354 g/mol. The number of nitro groups is 1. The molecular formula is C19H18N2O5. The Labute approximate surface area is 150 Å². The molecule has 0 saturated carbocycles. The van der Waals surface area contributed by atoms with E-state index in [0.29, 0.717) is 36.2 Å². The zero-order chi connectivity index (χ0) is 18.8. The first-order valence-corrected chi connectivity index (χ1v) is 8.43. The van der Waals surface area contributed by atoms with Gasteiger partial charge in [-0.05, 0) is 32.8 Å². The number of Topliss-reactive ketones (excluding diaryl/α,β-unsaturated/α-hetero) is 1. The van der Waals surface area contributed by atoms with Crippen LogP contribution >= 0.6 is 0 Å². The molecule has 7 heteroatoms. The molecule has 0 fully saturated rings. The Bertz CT molecular complexity index is 920. The van der Waals surface area contributed by atoms with E-state index in [1.165, 1.54) is 6.07 Å². The van der Waals surface area contributed by atoms with Gasteiger partial charge in [0.1, 0.15) is 0 Å². The van der Waals surface area contributed by atoms with Gasteiger partial charge in [-0.3, -0.25) is 19.9 Å². The van der Waals surface area contributed by atoms with Crippen molar-refractivity contribution < 1.29 is 19.2 Å². The van der Waals surface area contributed by atoms with E-state index >= 15 is 0 Å². The predicted octanol–water partition coefficient (Wildman–Crippen LogP) is 3.66. The fourth-order valence-corrected chi connectivity index (χ4v) is 3.35. The minimum atomic E-state index is -0.633. The van der Waals surface area contributed by atoms with Gasteiger partial charge in [-0.15, -0.1) is 0 Å². The van der Waals surface area contributed by atoms with E-state index in [1.807, 2.05) is 0 Å². The molecule has 1 aliphatic rings. The van der Waals surface area contributed by atoms with Gasteiger partial charge in [-0.2, -0.15) is 0 Å². The van der Waals surface area contributed by atoms with E-state index in [-0.39, 0.29) is 34.8 Å². The number of ether oxygens (including phenoxy) is 1. The number of ketones is 1. The number of pyridine rings is 1. The second-order valence-corrected chi connectivity index (χ2v) is 6.04. The number of para-hydroxylation sites is 1. The van der Waals surface area contributed by atoms with Crippen molar-refractivity contribution in [1.29, 1.82) is 0 Å². The normalized spacial score (nSPS) is 13.2. The fourth-order valence-electron chi connectivity index (χ4n) is 3.35. The molecule has 1 aliphatic carbocycles. The first-order valence-electron chi connectivity index (χ1n) is 8.43. The second kappa shape index (κ2) is 7.03. The molecule has 26 heavy (non-hydrogen) atoms. The number of hydrogen-bond acceptors (Lipinski definition) is 6. The molecule has 1 heterocycles. The molecule has 7 nitrogen and oxygen atoms in total. The summed E-state index contributed by atoms with van der Waals surface area (Å²) in [5, 5.41) is 11.5. The van der Waals surface area contributed by atoms with Crippen molar-refractivity contribution in [3.8, 4) is 11.1 Å². The molecule has 0 saturated heterocycles. The Balaban J connectivity index is 2.42. The maximum atomic E-state index is 12.6. The highest BCUT2D eigenvalue weighted by Crippen LogP contribution is 2.39. The van der Waals surface area contributed by atoms with Crippen LogP contribution in [0.1, 0.15) is 51.9 Å². The van der Waals surface area contributed by atoms with Crippen LogP contribution in [0, 0.1) is 17.0 Å². The van der Waals surface area contributed by atoms with Crippen molar-refractivity contribution in [2.45, 2.75) is 33.1 Å². The summed E-state index contributed by atoms with van der Waals surface area (Å²) in [6.07, 6.45) is 1.60. The van der Waals surface area contributed by atoms with Gasteiger partial charge in [0, 0.05) is 23.6 Å². The van der Waals surface area contributed by atoms with Gasteiger partial charge in [0.2, 0.25) is 0 Å². The van der Waals surface area contributed by atoms with Gasteiger partial charge in [-0.1, -0.05) is 12.1 Å². The summed E-state index contributed by atoms with van der Waals surface area (Å²) < 4.78 is 5.14. The number of carbonyl (C=O) groups excluding carboxylic acids is 2. The molecular weight excluding hydrogens is 336 g/mol. The van der Waals surface area contributed by atoms with Crippen molar-refractivity contribution in [3.63, 3.8) is 0 Å². The van der Waals surface area contributed by atoms with E-state index in [9.17, 15) is 19.7 Å². The molecule has 1 aromatic heterocycles. The predicted molar refractivity (Wildman–Crippen MR) is 94.3 cm³/mol. The molecule has 0 spiro atoms. The second-order valence-electron chi connectivity index (χ2n) is 6.04. The number of carbonyl (C=O) groups is 2. The Morgan fingerprint density at radius 3 is 2.69 bits per heavy atom. The number of benzene rings is 1. The van der Waals surface area contributed by atoms with Crippen LogP contribution in [0.25, 0.3) is 11.1 Å². The van der Waals surface area contributed by atoms with Crippen LogP contribution in [0.15, 0.2) is 24.3 Å². The number of aryl methyl sites for hydroxylation is 2. The molecule has 0 aliphatic heterocycles. The number of hydrogen-bond donors (Lipinski definition) is 0. The summed E-state index contributed by atoms with van der Waals surface area (Å²) >= 11 is 0. The van der Waals surface area contributed by atoms with Crippen molar-refractivity contribution in [3.05, 3.63) is 56.9 Å². The van der Waals surface area contributed by atoms with Crippen molar-refractivity contribution in [2.24, 2.45) is 0 Å². The van der Waals surface area contributed by atoms with Gasteiger partial charge in [0.25, 0.3) is 5.69 Å². The summed E-state index contributed by atoms with van der Waals surface area (Å²) in [5.41, 5.74) is 1.75. The van der Waals surface area contributed by atoms with Gasteiger partial charge in [-0.25, -0.2) is 4.79 Å². The summed E-state index contributed by atoms with van der Waals surface area (Å²) in [6, 6.07) is 6.11. The lowest BCUT2D eigenvalue weighted by atomic mass is 9.84. The maximum Gasteiger partial charge on any atom is 0.340 e. The van der Waals surface area contributed by atoms with Crippen LogP contribution < -0.4 is 0 Å². The molecule has 1 aromatic carbocycles. The largest absolute Gasteiger partial charge is 0.462 e. The highest BCUT2D eigenvalue weighted by molar-refractivity contribution is 6.11. The van der Waals surface area contributed by atoms with Crippen LogP contribution in [-0.2, 0) is 11.2 Å². The van der Waals surface area contributed by atoms with Crippen LogP contribution in [-0.4, -0.2) is 28.3 Å². The quantitative estimate of drug-likeness (QED) is 0.472. The van der Waals surface area contributed by atoms with Gasteiger partial charge < -0.3 is 4.74 Å².